The van der Waals surface area contributed by atoms with Gasteiger partial charge in [-0.15, -0.1) is 0 Å². The normalized spacial score (nSPS) is 25.5. The number of rotatable bonds is 13. The van der Waals surface area contributed by atoms with Crippen molar-refractivity contribution in [3.8, 4) is 5.75 Å². The van der Waals surface area contributed by atoms with Gasteiger partial charge >= 0.3 is 0 Å². The number of methoxy groups -OCH3 is 1. The van der Waals surface area contributed by atoms with E-state index in [1.165, 1.54) is 0 Å². The monoisotopic (exact) mass is 654 g/mol. The Hall–Kier alpha value is -1.06. The topological polar surface area (TPSA) is 75.6 Å². The molecule has 3 rings (SSSR count). The van der Waals surface area contributed by atoms with E-state index in [4.69, 9.17) is 39.1 Å². The van der Waals surface area contributed by atoms with Crippen LogP contribution in [0.4, 0.5) is 0 Å². The van der Waals surface area contributed by atoms with Crippen molar-refractivity contribution in [3.63, 3.8) is 0 Å². The zero-order chi connectivity index (χ0) is 31.5. The molecule has 0 amide bonds. The zero-order valence-corrected chi connectivity index (χ0v) is 31.0. The van der Waals surface area contributed by atoms with E-state index in [2.05, 4.69) is 58.9 Å². The molecule has 5 atom stereocenters. The summed E-state index contributed by atoms with van der Waals surface area (Å²) in [4.78, 5) is 0. The second-order valence-electron chi connectivity index (χ2n) is 13.8. The first-order valence-electron chi connectivity index (χ1n) is 14.8. The van der Waals surface area contributed by atoms with Crippen LogP contribution in [0.3, 0.4) is 0 Å². The zero-order valence-electron chi connectivity index (χ0n) is 27.2. The summed E-state index contributed by atoms with van der Waals surface area (Å²) < 4.78 is 39.3. The van der Waals surface area contributed by atoms with Gasteiger partial charge in [-0.2, -0.15) is 0 Å². The van der Waals surface area contributed by atoms with Crippen LogP contribution < -0.4 is 4.74 Å². The lowest BCUT2D eigenvalue weighted by atomic mass is 9.87. The minimum Gasteiger partial charge on any atom is -0.494 e. The molecule has 11 heteroatoms. The molecule has 2 aromatic rings. The molecule has 236 valence electrons. The SMILES string of the molecule is CCOc1ccc(Cc2cc([C@]3(OC)O[C@H](CO)[C@@H](O[Si](C)(C)C)[C@H](O[Si](C)(C)C)[C@H]3O[Si](C)(C)C)ccc2Cl)cc1. The van der Waals surface area contributed by atoms with Crippen molar-refractivity contribution in [2.45, 2.75) is 102 Å². The lowest BCUT2D eigenvalue weighted by Crippen LogP contribution is -2.69. The van der Waals surface area contributed by atoms with Crippen molar-refractivity contribution in [2.75, 3.05) is 20.3 Å². The Morgan fingerprint density at radius 2 is 1.40 bits per heavy atom. The van der Waals surface area contributed by atoms with Crippen molar-refractivity contribution in [3.05, 3.63) is 64.2 Å². The molecule has 0 aromatic heterocycles. The molecule has 1 aliphatic rings. The summed E-state index contributed by atoms with van der Waals surface area (Å²) >= 11 is 6.76. The smallest absolute Gasteiger partial charge is 0.223 e. The maximum Gasteiger partial charge on any atom is 0.223 e. The van der Waals surface area contributed by atoms with Gasteiger partial charge < -0.3 is 32.6 Å². The molecule has 1 fully saturated rings. The third-order valence-corrected chi connectivity index (χ3v) is 10.00. The molecule has 1 aliphatic heterocycles. The van der Waals surface area contributed by atoms with E-state index in [9.17, 15) is 5.11 Å². The molecular weight excluding hydrogens is 604 g/mol. The Kier molecular flexibility index (Phi) is 11.7. The van der Waals surface area contributed by atoms with E-state index in [1.54, 1.807) is 7.11 Å². The first-order valence-corrected chi connectivity index (χ1v) is 25.4. The maximum absolute atomic E-state index is 10.7. The van der Waals surface area contributed by atoms with E-state index in [-0.39, 0.29) is 6.61 Å². The number of ether oxygens (including phenoxy) is 3. The van der Waals surface area contributed by atoms with Crippen LogP contribution in [0, 0.1) is 0 Å². The molecular formula is C31H51ClO7Si3. The van der Waals surface area contributed by atoms with E-state index in [0.29, 0.717) is 18.1 Å². The average Bonchev–Trinajstić information content (AvgIpc) is 2.87. The number of halogens is 1. The lowest BCUT2D eigenvalue weighted by Gasteiger charge is -2.55. The van der Waals surface area contributed by atoms with Gasteiger partial charge in [0.05, 0.1) is 13.2 Å². The third-order valence-electron chi connectivity index (χ3n) is 6.71. The summed E-state index contributed by atoms with van der Waals surface area (Å²) in [6.07, 6.45) is -1.77. The molecule has 1 N–H and O–H groups in total. The molecule has 0 unspecified atom stereocenters. The van der Waals surface area contributed by atoms with Crippen molar-refractivity contribution in [2.24, 2.45) is 0 Å². The van der Waals surface area contributed by atoms with Crippen molar-refractivity contribution < 1.29 is 32.6 Å². The van der Waals surface area contributed by atoms with Gasteiger partial charge in [0.15, 0.2) is 25.0 Å². The third kappa shape index (κ3) is 9.23. The molecule has 0 bridgehead atoms. The standard InChI is InChI=1S/C31H51ClO7Si3/c1-12-35-25-16-13-22(14-17-25)19-23-20-24(15-18-26(23)32)31(34-2)30(39-42(9,10)11)29(38-41(6,7)8)28(27(21-33)36-31)37-40(3,4)5/h13-18,20,27-30,33H,12,19,21H2,1-11H3/t27-,28-,29+,30-,31+/m1/s1. The highest BCUT2D eigenvalue weighted by atomic mass is 35.5. The Bertz CT molecular complexity index is 1160. The highest BCUT2D eigenvalue weighted by molar-refractivity contribution is 6.70. The largest absolute Gasteiger partial charge is 0.494 e. The van der Waals surface area contributed by atoms with Gasteiger partial charge in [0.2, 0.25) is 5.79 Å². The summed E-state index contributed by atoms with van der Waals surface area (Å²) in [6.45, 7) is 21.6. The number of aliphatic hydroxyl groups is 1. The molecule has 0 radical (unpaired) electrons. The average molecular weight is 655 g/mol. The molecule has 42 heavy (non-hydrogen) atoms. The predicted molar refractivity (Wildman–Crippen MR) is 177 cm³/mol. The fourth-order valence-electron chi connectivity index (χ4n) is 5.25. The number of hydrogen-bond donors (Lipinski definition) is 1. The Balaban J connectivity index is 2.17. The Morgan fingerprint density at radius 1 is 0.833 bits per heavy atom. The highest BCUT2D eigenvalue weighted by Gasteiger charge is 2.60. The van der Waals surface area contributed by atoms with Gasteiger partial charge in [-0.05, 0) is 108 Å². The first kappa shape index (κ1) is 35.4. The summed E-state index contributed by atoms with van der Waals surface area (Å²) in [5.74, 6) is -0.532. The number of aliphatic hydroxyl groups excluding tert-OH is 1. The minimum atomic E-state index is -2.19. The first-order chi connectivity index (χ1) is 19.4. The molecule has 1 heterocycles. The van der Waals surface area contributed by atoms with Gasteiger partial charge in [0, 0.05) is 17.7 Å². The maximum atomic E-state index is 10.7. The van der Waals surface area contributed by atoms with Crippen LogP contribution in [0.15, 0.2) is 42.5 Å². The van der Waals surface area contributed by atoms with Crippen LogP contribution in [-0.4, -0.2) is 74.8 Å². The quantitative estimate of drug-likeness (QED) is 0.229. The van der Waals surface area contributed by atoms with Crippen LogP contribution in [-0.2, 0) is 35.0 Å². The molecule has 0 aliphatic carbocycles. The molecule has 7 nitrogen and oxygen atoms in total. The summed E-state index contributed by atoms with van der Waals surface area (Å²) in [5, 5.41) is 11.3. The van der Waals surface area contributed by atoms with E-state index < -0.39 is 55.2 Å². The summed E-state index contributed by atoms with van der Waals surface area (Å²) in [5.41, 5.74) is 2.78. The molecule has 0 saturated carbocycles. The number of benzene rings is 2. The van der Waals surface area contributed by atoms with Gasteiger partial charge in [-0.3, -0.25) is 0 Å². The van der Waals surface area contributed by atoms with E-state index in [1.807, 2.05) is 49.4 Å². The van der Waals surface area contributed by atoms with E-state index in [0.717, 1.165) is 22.4 Å². The minimum absolute atomic E-state index is 0.252. The summed E-state index contributed by atoms with van der Waals surface area (Å²) in [6, 6.07) is 13.9. The van der Waals surface area contributed by atoms with Crippen molar-refractivity contribution in [1.29, 1.82) is 0 Å². The van der Waals surface area contributed by atoms with Crippen molar-refractivity contribution >= 4 is 36.6 Å². The van der Waals surface area contributed by atoms with Crippen molar-refractivity contribution in [1.82, 2.24) is 0 Å². The fourth-order valence-corrected chi connectivity index (χ4v) is 8.66. The van der Waals surface area contributed by atoms with Crippen LogP contribution in [0.1, 0.15) is 23.6 Å². The van der Waals surface area contributed by atoms with Gasteiger partial charge in [-0.25, -0.2) is 0 Å². The highest BCUT2D eigenvalue weighted by Crippen LogP contribution is 2.46. The summed E-state index contributed by atoms with van der Waals surface area (Å²) in [7, 11) is -4.77. The Labute approximate surface area is 261 Å². The molecule has 1 saturated heterocycles. The predicted octanol–water partition coefficient (Wildman–Crippen LogP) is 7.18. The second-order valence-corrected chi connectivity index (χ2v) is 27.6. The Morgan fingerprint density at radius 3 is 1.90 bits per heavy atom. The van der Waals surface area contributed by atoms with Gasteiger partial charge in [0.1, 0.15) is 30.2 Å². The van der Waals surface area contributed by atoms with Gasteiger partial charge in [0.25, 0.3) is 0 Å². The molecule has 0 spiro atoms. The lowest BCUT2D eigenvalue weighted by molar-refractivity contribution is -0.358. The number of hydrogen-bond acceptors (Lipinski definition) is 7. The van der Waals surface area contributed by atoms with Crippen LogP contribution in [0.2, 0.25) is 63.9 Å². The fraction of sp³-hybridized carbons (Fsp3) is 0.613. The van der Waals surface area contributed by atoms with Crippen LogP contribution in [0.5, 0.6) is 5.75 Å². The van der Waals surface area contributed by atoms with E-state index >= 15 is 0 Å². The second kappa shape index (κ2) is 13.9. The van der Waals surface area contributed by atoms with Gasteiger partial charge in [-0.1, -0.05) is 29.8 Å². The van der Waals surface area contributed by atoms with Crippen LogP contribution >= 0.6 is 11.6 Å². The molecule has 2 aromatic carbocycles. The van der Waals surface area contributed by atoms with Crippen LogP contribution in [0.25, 0.3) is 0 Å².